The standard InChI is InChI=1S/C15H23N3O4S/c1-23(20,21)18(12-14-6-4-10-22-14)9-7-15(19)17-11-13-5-2-3-8-16-13/h2-3,5,8,14H,4,6-7,9-12H2,1H3,(H,17,19). The number of ether oxygens (including phenoxy) is 1. The lowest BCUT2D eigenvalue weighted by Gasteiger charge is -2.22. The number of sulfonamides is 1. The van der Waals surface area contributed by atoms with Gasteiger partial charge in [0.05, 0.1) is 24.6 Å². The predicted molar refractivity (Wildman–Crippen MR) is 86.1 cm³/mol. The number of rotatable bonds is 8. The van der Waals surface area contributed by atoms with Crippen molar-refractivity contribution in [2.45, 2.75) is 31.9 Å². The highest BCUT2D eigenvalue weighted by Gasteiger charge is 2.25. The van der Waals surface area contributed by atoms with E-state index in [1.54, 1.807) is 12.3 Å². The Morgan fingerprint density at radius 3 is 2.91 bits per heavy atom. The first-order valence-electron chi connectivity index (χ1n) is 7.68. The van der Waals surface area contributed by atoms with Crippen LogP contribution in [0.3, 0.4) is 0 Å². The highest BCUT2D eigenvalue weighted by molar-refractivity contribution is 7.88. The van der Waals surface area contributed by atoms with Gasteiger partial charge < -0.3 is 10.1 Å². The summed E-state index contributed by atoms with van der Waals surface area (Å²) in [5.41, 5.74) is 0.764. The van der Waals surface area contributed by atoms with E-state index in [2.05, 4.69) is 10.3 Å². The van der Waals surface area contributed by atoms with Gasteiger partial charge in [0.15, 0.2) is 0 Å². The van der Waals surface area contributed by atoms with Crippen molar-refractivity contribution in [1.82, 2.24) is 14.6 Å². The normalized spacial score (nSPS) is 18.3. The molecule has 128 valence electrons. The maximum Gasteiger partial charge on any atom is 0.221 e. The highest BCUT2D eigenvalue weighted by atomic mass is 32.2. The summed E-state index contributed by atoms with van der Waals surface area (Å²) in [5.74, 6) is -0.198. The molecule has 0 saturated carbocycles. The molecule has 1 unspecified atom stereocenters. The van der Waals surface area contributed by atoms with Crippen LogP contribution >= 0.6 is 0 Å². The Morgan fingerprint density at radius 2 is 2.30 bits per heavy atom. The molecule has 1 aromatic heterocycles. The van der Waals surface area contributed by atoms with E-state index in [-0.39, 0.29) is 25.0 Å². The van der Waals surface area contributed by atoms with Gasteiger partial charge in [-0.3, -0.25) is 9.78 Å². The van der Waals surface area contributed by atoms with E-state index in [4.69, 9.17) is 4.74 Å². The molecule has 0 spiro atoms. The fourth-order valence-electron chi connectivity index (χ4n) is 2.41. The van der Waals surface area contributed by atoms with Crippen LogP contribution < -0.4 is 5.32 Å². The molecule has 2 rings (SSSR count). The van der Waals surface area contributed by atoms with Gasteiger partial charge in [-0.2, -0.15) is 4.31 Å². The first-order chi connectivity index (χ1) is 10.9. The molecule has 1 atom stereocenters. The molecule has 7 nitrogen and oxygen atoms in total. The Hall–Kier alpha value is -1.51. The number of carbonyl (C=O) groups is 1. The van der Waals surface area contributed by atoms with Crippen LogP contribution in [-0.2, 0) is 26.1 Å². The van der Waals surface area contributed by atoms with Crippen molar-refractivity contribution < 1.29 is 17.9 Å². The molecular formula is C15H23N3O4S. The van der Waals surface area contributed by atoms with Crippen LogP contribution in [0.5, 0.6) is 0 Å². The summed E-state index contributed by atoms with van der Waals surface area (Å²) in [5, 5.41) is 2.75. The SMILES string of the molecule is CS(=O)(=O)N(CCC(=O)NCc1ccccn1)CC1CCCO1. The van der Waals surface area contributed by atoms with Crippen molar-refractivity contribution >= 4 is 15.9 Å². The van der Waals surface area contributed by atoms with Crippen molar-refractivity contribution in [2.75, 3.05) is 26.0 Å². The highest BCUT2D eigenvalue weighted by Crippen LogP contribution is 2.15. The Bertz CT molecular complexity index is 600. The molecule has 8 heteroatoms. The number of amides is 1. The average Bonchev–Trinajstić information content (AvgIpc) is 3.02. The van der Waals surface area contributed by atoms with Gasteiger partial charge in [-0.05, 0) is 25.0 Å². The topological polar surface area (TPSA) is 88.6 Å². The van der Waals surface area contributed by atoms with Crippen molar-refractivity contribution in [3.8, 4) is 0 Å². The molecular weight excluding hydrogens is 318 g/mol. The molecule has 1 aromatic rings. The Labute approximate surface area is 137 Å². The third-order valence-corrected chi connectivity index (χ3v) is 4.95. The van der Waals surface area contributed by atoms with Gasteiger partial charge >= 0.3 is 0 Å². The lowest BCUT2D eigenvalue weighted by Crippen LogP contribution is -2.39. The third-order valence-electron chi connectivity index (χ3n) is 3.68. The molecule has 1 aliphatic rings. The summed E-state index contributed by atoms with van der Waals surface area (Å²) in [6.45, 7) is 1.48. The molecule has 23 heavy (non-hydrogen) atoms. The summed E-state index contributed by atoms with van der Waals surface area (Å²) < 4.78 is 30.5. The maximum absolute atomic E-state index is 11.9. The number of hydrogen-bond acceptors (Lipinski definition) is 5. The van der Waals surface area contributed by atoms with Crippen LogP contribution in [0.1, 0.15) is 25.0 Å². The Balaban J connectivity index is 1.79. The summed E-state index contributed by atoms with van der Waals surface area (Å²) in [6, 6.07) is 5.47. The zero-order valence-corrected chi connectivity index (χ0v) is 14.1. The van der Waals surface area contributed by atoms with Crippen LogP contribution in [0.4, 0.5) is 0 Å². The Morgan fingerprint density at radius 1 is 1.48 bits per heavy atom. The quantitative estimate of drug-likeness (QED) is 0.745. The largest absolute Gasteiger partial charge is 0.377 e. The summed E-state index contributed by atoms with van der Waals surface area (Å²) >= 11 is 0. The molecule has 1 amide bonds. The number of pyridine rings is 1. The van der Waals surface area contributed by atoms with E-state index in [0.29, 0.717) is 19.7 Å². The maximum atomic E-state index is 11.9. The van der Waals surface area contributed by atoms with Crippen LogP contribution in [0.15, 0.2) is 24.4 Å². The van der Waals surface area contributed by atoms with E-state index >= 15 is 0 Å². The average molecular weight is 341 g/mol. The minimum Gasteiger partial charge on any atom is -0.377 e. The zero-order valence-electron chi connectivity index (χ0n) is 13.3. The van der Waals surface area contributed by atoms with Gasteiger partial charge in [-0.1, -0.05) is 6.07 Å². The van der Waals surface area contributed by atoms with E-state index in [0.717, 1.165) is 24.8 Å². The van der Waals surface area contributed by atoms with Gasteiger partial charge in [-0.25, -0.2) is 8.42 Å². The van der Waals surface area contributed by atoms with Crippen molar-refractivity contribution in [2.24, 2.45) is 0 Å². The second-order valence-corrected chi connectivity index (χ2v) is 7.59. The van der Waals surface area contributed by atoms with Gasteiger partial charge in [0.1, 0.15) is 0 Å². The summed E-state index contributed by atoms with van der Waals surface area (Å²) in [4.78, 5) is 16.0. The van der Waals surface area contributed by atoms with Crippen LogP contribution in [0.2, 0.25) is 0 Å². The molecule has 0 bridgehead atoms. The minimum atomic E-state index is -3.35. The van der Waals surface area contributed by atoms with Crippen molar-refractivity contribution in [3.63, 3.8) is 0 Å². The Kier molecular flexibility index (Phi) is 6.49. The second kappa shape index (κ2) is 8.37. The van der Waals surface area contributed by atoms with E-state index in [9.17, 15) is 13.2 Å². The molecule has 0 aromatic carbocycles. The first-order valence-corrected chi connectivity index (χ1v) is 9.53. The molecule has 1 fully saturated rings. The minimum absolute atomic E-state index is 0.0682. The van der Waals surface area contributed by atoms with Gasteiger partial charge in [0, 0.05) is 32.3 Å². The van der Waals surface area contributed by atoms with Crippen LogP contribution in [-0.4, -0.2) is 55.7 Å². The smallest absolute Gasteiger partial charge is 0.221 e. The second-order valence-electron chi connectivity index (χ2n) is 5.60. The van der Waals surface area contributed by atoms with E-state index in [1.165, 1.54) is 4.31 Å². The number of nitrogens with zero attached hydrogens (tertiary/aromatic N) is 2. The number of hydrogen-bond donors (Lipinski definition) is 1. The number of nitrogens with one attached hydrogen (secondary N) is 1. The van der Waals surface area contributed by atoms with Gasteiger partial charge in [-0.15, -0.1) is 0 Å². The summed E-state index contributed by atoms with van der Waals surface area (Å²) in [7, 11) is -3.35. The van der Waals surface area contributed by atoms with Crippen molar-refractivity contribution in [3.05, 3.63) is 30.1 Å². The first kappa shape index (κ1) is 17.8. The fraction of sp³-hybridized carbons (Fsp3) is 0.600. The molecule has 0 radical (unpaired) electrons. The molecule has 1 aliphatic heterocycles. The number of carbonyl (C=O) groups excluding carboxylic acids is 1. The molecule has 0 aliphatic carbocycles. The molecule has 1 N–H and O–H groups in total. The van der Waals surface area contributed by atoms with Crippen molar-refractivity contribution in [1.29, 1.82) is 0 Å². The zero-order chi connectivity index (χ0) is 16.7. The lowest BCUT2D eigenvalue weighted by atomic mass is 10.2. The van der Waals surface area contributed by atoms with E-state index < -0.39 is 10.0 Å². The third kappa shape index (κ3) is 6.25. The van der Waals surface area contributed by atoms with Gasteiger partial charge in [0.2, 0.25) is 15.9 Å². The predicted octanol–water partition coefficient (Wildman–Crippen LogP) is 0.529. The monoisotopic (exact) mass is 341 g/mol. The molecule has 1 saturated heterocycles. The van der Waals surface area contributed by atoms with Crippen LogP contribution in [0, 0.1) is 0 Å². The van der Waals surface area contributed by atoms with Crippen LogP contribution in [0.25, 0.3) is 0 Å². The van der Waals surface area contributed by atoms with Gasteiger partial charge in [0.25, 0.3) is 0 Å². The lowest BCUT2D eigenvalue weighted by molar-refractivity contribution is -0.121. The van der Waals surface area contributed by atoms with E-state index in [1.807, 2.05) is 12.1 Å². The molecule has 2 heterocycles. The summed E-state index contributed by atoms with van der Waals surface area (Å²) in [6.07, 6.45) is 4.68. The fourth-order valence-corrected chi connectivity index (χ4v) is 3.27. The number of aromatic nitrogens is 1.